The molecule has 2 aromatic carbocycles. The molecule has 0 aliphatic carbocycles. The summed E-state index contributed by atoms with van der Waals surface area (Å²) in [5, 5.41) is 11.2. The lowest BCUT2D eigenvalue weighted by atomic mass is 10.2. The Balaban J connectivity index is 1.66. The molecule has 6 heteroatoms. The van der Waals surface area contributed by atoms with Crippen LogP contribution in [0.3, 0.4) is 0 Å². The van der Waals surface area contributed by atoms with Crippen molar-refractivity contribution in [2.24, 2.45) is 10.2 Å². The molecule has 1 amide bonds. The van der Waals surface area contributed by atoms with Gasteiger partial charge >= 0.3 is 0 Å². The van der Waals surface area contributed by atoms with Gasteiger partial charge in [-0.15, -0.1) is 5.10 Å². The summed E-state index contributed by atoms with van der Waals surface area (Å²) in [4.78, 5) is 13.2. The number of benzene rings is 2. The molecule has 1 aliphatic heterocycles. The number of hydrogen-bond donors (Lipinski definition) is 1. The zero-order chi connectivity index (χ0) is 16.1. The number of thioether (sulfide) groups is 1. The highest BCUT2D eigenvalue weighted by Gasteiger charge is 2.15. The molecule has 116 valence electrons. The number of carbonyl (C=O) groups excluding carboxylic acids is 1. The van der Waals surface area contributed by atoms with E-state index < -0.39 is 0 Å². The first-order valence-corrected chi connectivity index (χ1v) is 8.13. The third-order valence-corrected chi connectivity index (χ3v) is 4.23. The molecule has 1 heterocycles. The molecule has 0 atom stereocenters. The molecule has 0 radical (unpaired) electrons. The zero-order valence-corrected chi connectivity index (χ0v) is 13.5. The van der Waals surface area contributed by atoms with Crippen LogP contribution >= 0.6 is 11.8 Å². The topological polar surface area (TPSA) is 57.1 Å². The minimum Gasteiger partial charge on any atom is -0.345 e. The maximum atomic E-state index is 11.0. The van der Waals surface area contributed by atoms with Crippen molar-refractivity contribution in [3.8, 4) is 0 Å². The van der Waals surface area contributed by atoms with Gasteiger partial charge in [0.05, 0.1) is 12.0 Å². The Morgan fingerprint density at radius 1 is 1.09 bits per heavy atom. The van der Waals surface area contributed by atoms with Crippen LogP contribution in [0.2, 0.25) is 0 Å². The van der Waals surface area contributed by atoms with Gasteiger partial charge in [-0.2, -0.15) is 5.10 Å². The van der Waals surface area contributed by atoms with Crippen molar-refractivity contribution in [3.05, 3.63) is 60.2 Å². The second-order valence-electron chi connectivity index (χ2n) is 4.97. The summed E-state index contributed by atoms with van der Waals surface area (Å²) in [5.74, 6) is 0.381. The maximum Gasteiger partial charge on any atom is 0.236 e. The molecule has 5 nitrogen and oxygen atoms in total. The standard InChI is InChI=1S/C17H16N4OS/c1-21(14-5-3-2-4-6-14)15-9-7-13(8-10-15)11-18-20-17-19-16(22)12-23-17/h2-11H,12H2,1H3,(H,19,20,22). The van der Waals surface area contributed by atoms with Crippen molar-refractivity contribution in [2.45, 2.75) is 0 Å². The van der Waals surface area contributed by atoms with Gasteiger partial charge in [0.25, 0.3) is 0 Å². The molecule has 23 heavy (non-hydrogen) atoms. The Morgan fingerprint density at radius 3 is 2.43 bits per heavy atom. The Hall–Kier alpha value is -2.60. The molecular weight excluding hydrogens is 308 g/mol. The van der Waals surface area contributed by atoms with E-state index in [0.29, 0.717) is 10.9 Å². The monoisotopic (exact) mass is 324 g/mol. The van der Waals surface area contributed by atoms with E-state index in [0.717, 1.165) is 16.9 Å². The third kappa shape index (κ3) is 3.98. The Kier molecular flexibility index (Phi) is 4.73. The van der Waals surface area contributed by atoms with E-state index in [1.807, 2.05) is 49.5 Å². The van der Waals surface area contributed by atoms with E-state index in [-0.39, 0.29) is 5.91 Å². The lowest BCUT2D eigenvalue weighted by molar-refractivity contribution is -0.116. The van der Waals surface area contributed by atoms with Gasteiger partial charge in [0, 0.05) is 18.4 Å². The summed E-state index contributed by atoms with van der Waals surface area (Å²) in [6.45, 7) is 0. The van der Waals surface area contributed by atoms with Crippen molar-refractivity contribution in [2.75, 3.05) is 17.7 Å². The fraction of sp³-hybridized carbons (Fsp3) is 0.118. The predicted molar refractivity (Wildman–Crippen MR) is 96.6 cm³/mol. The minimum absolute atomic E-state index is 0.0303. The second-order valence-corrected chi connectivity index (χ2v) is 5.94. The highest BCUT2D eigenvalue weighted by atomic mass is 32.2. The number of carbonyl (C=O) groups is 1. The summed E-state index contributed by atoms with van der Waals surface area (Å²) in [6, 6.07) is 18.2. The highest BCUT2D eigenvalue weighted by molar-refractivity contribution is 8.15. The molecule has 0 bridgehead atoms. The summed E-state index contributed by atoms with van der Waals surface area (Å²) >= 11 is 1.36. The van der Waals surface area contributed by atoms with Crippen LogP contribution in [-0.4, -0.2) is 30.1 Å². The normalized spacial score (nSPS) is 16.0. The molecule has 1 N–H and O–H groups in total. The Morgan fingerprint density at radius 2 is 1.78 bits per heavy atom. The van der Waals surface area contributed by atoms with Crippen molar-refractivity contribution in [1.82, 2.24) is 5.32 Å². The smallest absolute Gasteiger partial charge is 0.236 e. The number of rotatable bonds is 4. The summed E-state index contributed by atoms with van der Waals surface area (Å²) in [5.41, 5.74) is 3.18. The molecular formula is C17H16N4OS. The van der Waals surface area contributed by atoms with Crippen LogP contribution in [0.25, 0.3) is 0 Å². The summed E-state index contributed by atoms with van der Waals surface area (Å²) < 4.78 is 0. The lowest BCUT2D eigenvalue weighted by Crippen LogP contribution is -2.19. The number of nitrogens with zero attached hydrogens (tertiary/aromatic N) is 3. The Labute approximate surface area is 139 Å². The fourth-order valence-corrected chi connectivity index (χ4v) is 2.74. The quantitative estimate of drug-likeness (QED) is 0.695. The van der Waals surface area contributed by atoms with Crippen LogP contribution in [0, 0.1) is 0 Å². The van der Waals surface area contributed by atoms with Gasteiger partial charge in [-0.05, 0) is 29.8 Å². The van der Waals surface area contributed by atoms with Crippen LogP contribution in [0.15, 0.2) is 64.8 Å². The van der Waals surface area contributed by atoms with Crippen LogP contribution in [0.1, 0.15) is 5.56 Å². The summed E-state index contributed by atoms with van der Waals surface area (Å²) in [6.07, 6.45) is 1.67. The number of nitrogens with one attached hydrogen (secondary N) is 1. The van der Waals surface area contributed by atoms with Gasteiger partial charge in [0.2, 0.25) is 5.91 Å². The molecule has 1 aliphatic rings. The highest BCUT2D eigenvalue weighted by Crippen LogP contribution is 2.22. The van der Waals surface area contributed by atoms with E-state index in [9.17, 15) is 4.79 Å². The van der Waals surface area contributed by atoms with Crippen LogP contribution < -0.4 is 10.2 Å². The van der Waals surface area contributed by atoms with E-state index in [2.05, 4.69) is 32.6 Å². The van der Waals surface area contributed by atoms with Gasteiger partial charge in [-0.1, -0.05) is 42.1 Å². The molecule has 0 spiro atoms. The van der Waals surface area contributed by atoms with Crippen molar-refractivity contribution in [3.63, 3.8) is 0 Å². The molecule has 0 unspecified atom stereocenters. The van der Waals surface area contributed by atoms with E-state index in [1.54, 1.807) is 6.21 Å². The van der Waals surface area contributed by atoms with Gasteiger partial charge in [0.15, 0.2) is 5.17 Å². The average Bonchev–Trinajstić information content (AvgIpc) is 3.01. The number of amidine groups is 1. The first kappa shape index (κ1) is 15.3. The van der Waals surface area contributed by atoms with Crippen LogP contribution in [0.5, 0.6) is 0 Å². The fourth-order valence-electron chi connectivity index (χ4n) is 2.11. The maximum absolute atomic E-state index is 11.0. The van der Waals surface area contributed by atoms with Crippen molar-refractivity contribution < 1.29 is 4.79 Å². The van der Waals surface area contributed by atoms with Gasteiger partial charge in [0.1, 0.15) is 0 Å². The first-order valence-electron chi connectivity index (χ1n) is 7.15. The SMILES string of the molecule is CN(c1ccccc1)c1ccc(C=N/N=C2/NC(=O)CS2)cc1. The van der Waals surface area contributed by atoms with Gasteiger partial charge in [-0.3, -0.25) is 4.79 Å². The number of anilines is 2. The molecule has 1 saturated heterocycles. The third-order valence-electron chi connectivity index (χ3n) is 3.37. The molecule has 0 aromatic heterocycles. The average molecular weight is 324 g/mol. The van der Waals surface area contributed by atoms with Crippen molar-refractivity contribution in [1.29, 1.82) is 0 Å². The van der Waals surface area contributed by atoms with E-state index in [4.69, 9.17) is 0 Å². The summed E-state index contributed by atoms with van der Waals surface area (Å²) in [7, 11) is 2.03. The largest absolute Gasteiger partial charge is 0.345 e. The Bertz CT molecular complexity index is 741. The number of para-hydroxylation sites is 1. The van der Waals surface area contributed by atoms with E-state index in [1.165, 1.54) is 11.8 Å². The molecule has 3 rings (SSSR count). The minimum atomic E-state index is -0.0303. The zero-order valence-electron chi connectivity index (χ0n) is 12.6. The van der Waals surface area contributed by atoms with Crippen LogP contribution in [0.4, 0.5) is 11.4 Å². The van der Waals surface area contributed by atoms with Crippen molar-refractivity contribution >= 4 is 40.4 Å². The van der Waals surface area contributed by atoms with Gasteiger partial charge in [-0.25, -0.2) is 0 Å². The van der Waals surface area contributed by atoms with Gasteiger partial charge < -0.3 is 10.2 Å². The molecule has 2 aromatic rings. The predicted octanol–water partition coefficient (Wildman–Crippen LogP) is 3.01. The number of hydrogen-bond acceptors (Lipinski definition) is 5. The number of amides is 1. The molecule has 1 fully saturated rings. The second kappa shape index (κ2) is 7.11. The molecule has 0 saturated carbocycles. The lowest BCUT2D eigenvalue weighted by Gasteiger charge is -2.19. The van der Waals surface area contributed by atoms with Crippen LogP contribution in [-0.2, 0) is 4.79 Å². The van der Waals surface area contributed by atoms with E-state index >= 15 is 0 Å². The first-order chi connectivity index (χ1) is 11.2.